The van der Waals surface area contributed by atoms with Gasteiger partial charge in [0.25, 0.3) is 0 Å². The summed E-state index contributed by atoms with van der Waals surface area (Å²) < 4.78 is 0. The van der Waals surface area contributed by atoms with Crippen LogP contribution in [0.2, 0.25) is 0 Å². The van der Waals surface area contributed by atoms with Crippen molar-refractivity contribution in [1.29, 1.82) is 0 Å². The number of hydrogen-bond donors (Lipinski definition) is 1. The van der Waals surface area contributed by atoms with E-state index >= 15 is 0 Å². The third-order valence-corrected chi connectivity index (χ3v) is 7.76. The number of hydrogen-bond acceptors (Lipinski definition) is 2. The molecule has 0 bridgehead atoms. The van der Waals surface area contributed by atoms with E-state index in [2.05, 4.69) is 17.1 Å². The van der Waals surface area contributed by atoms with Crippen molar-refractivity contribution in [1.82, 2.24) is 10.2 Å². The molecule has 0 saturated carbocycles. The van der Waals surface area contributed by atoms with Gasteiger partial charge in [-0.05, 0) is 76.7 Å². The highest BCUT2D eigenvalue weighted by Crippen LogP contribution is 2.30. The van der Waals surface area contributed by atoms with Gasteiger partial charge in [-0.1, -0.05) is 96.8 Å². The minimum absolute atomic E-state index is 0. The molecule has 2 nitrogen and oxygen atoms in total. The van der Waals surface area contributed by atoms with E-state index in [1.165, 1.54) is 155 Å². The molecule has 2 heterocycles. The molecule has 0 spiro atoms. The van der Waals surface area contributed by atoms with Gasteiger partial charge in [-0.25, -0.2) is 0 Å². The molecule has 0 amide bonds. The number of unbranched alkanes of at least 4 members (excludes halogenated alkanes) is 14. The van der Waals surface area contributed by atoms with Gasteiger partial charge in [0.15, 0.2) is 0 Å². The number of piperidine rings is 2. The van der Waals surface area contributed by atoms with E-state index in [0.29, 0.717) is 0 Å². The Kier molecular flexibility index (Phi) is 22.7. The second-order valence-electron chi connectivity index (χ2n) is 10.2. The maximum absolute atomic E-state index is 3.52. The summed E-state index contributed by atoms with van der Waals surface area (Å²) in [5.74, 6) is 2.07. The number of rotatable bonds is 17. The lowest BCUT2D eigenvalue weighted by Crippen LogP contribution is -2.39. The fourth-order valence-corrected chi connectivity index (χ4v) is 5.67. The van der Waals surface area contributed by atoms with Crippen molar-refractivity contribution in [3.05, 3.63) is 0 Å². The smallest absolute Gasteiger partial charge is 0.00160 e. The Bertz CT molecular complexity index is 353. The Labute approximate surface area is 208 Å². The maximum atomic E-state index is 3.52. The Hall–Kier alpha value is 0.500. The summed E-state index contributed by atoms with van der Waals surface area (Å²) in [5.41, 5.74) is 0. The molecule has 0 atom stereocenters. The minimum Gasteiger partial charge on any atom is -0.317 e. The molecule has 2 saturated heterocycles. The molecule has 0 aromatic carbocycles. The van der Waals surface area contributed by atoms with Crippen molar-refractivity contribution in [2.75, 3.05) is 32.7 Å². The molecule has 2 fully saturated rings. The van der Waals surface area contributed by atoms with E-state index in [1.54, 1.807) is 0 Å². The highest BCUT2D eigenvalue weighted by Gasteiger charge is 2.27. The minimum atomic E-state index is 0. The monoisotopic (exact) mass is 478 g/mol. The van der Waals surface area contributed by atoms with Gasteiger partial charge in [0, 0.05) is 0 Å². The summed E-state index contributed by atoms with van der Waals surface area (Å²) in [4.78, 5) is 2.76. The van der Waals surface area contributed by atoms with Crippen LogP contribution in [0, 0.1) is 11.8 Å². The summed E-state index contributed by atoms with van der Waals surface area (Å²) in [6.07, 6.45) is 27.8. The van der Waals surface area contributed by atoms with Gasteiger partial charge in [0.2, 0.25) is 0 Å². The molecule has 2 rings (SSSR count). The molecule has 4 heteroatoms. The summed E-state index contributed by atoms with van der Waals surface area (Å²) >= 11 is 0. The third kappa shape index (κ3) is 15.9. The summed E-state index contributed by atoms with van der Waals surface area (Å²) in [5, 5.41) is 3.52. The van der Waals surface area contributed by atoms with E-state index in [0.717, 1.165) is 11.8 Å². The summed E-state index contributed by atoms with van der Waals surface area (Å²) in [6, 6.07) is 0. The fraction of sp³-hybridized carbons (Fsp3) is 1.00. The highest BCUT2D eigenvalue weighted by atomic mass is 35.5. The van der Waals surface area contributed by atoms with Crippen LogP contribution in [0.1, 0.15) is 129 Å². The third-order valence-electron chi connectivity index (χ3n) is 7.76. The Balaban J connectivity index is 0.00000450. The normalized spacial score (nSPS) is 18.5. The van der Waals surface area contributed by atoms with E-state index in [1.807, 2.05) is 0 Å². The largest absolute Gasteiger partial charge is 0.317 e. The average Bonchev–Trinajstić information content (AvgIpc) is 2.77. The van der Waals surface area contributed by atoms with Gasteiger partial charge < -0.3 is 10.2 Å². The van der Waals surface area contributed by atoms with Gasteiger partial charge in [0.1, 0.15) is 0 Å². The number of nitrogens with zero attached hydrogens (tertiary/aromatic N) is 1. The van der Waals surface area contributed by atoms with Crippen LogP contribution in [0.25, 0.3) is 0 Å². The summed E-state index contributed by atoms with van der Waals surface area (Å²) in [6.45, 7) is 8.98. The predicted octanol–water partition coefficient (Wildman–Crippen LogP) is 8.41. The maximum Gasteiger partial charge on any atom is -0.00160 e. The van der Waals surface area contributed by atoms with Gasteiger partial charge in [-0.2, -0.15) is 0 Å². The zero-order chi connectivity index (χ0) is 20.4. The van der Waals surface area contributed by atoms with Crippen LogP contribution in [0.15, 0.2) is 0 Å². The molecule has 188 valence electrons. The number of halogens is 2. The zero-order valence-corrected chi connectivity index (χ0v) is 22.5. The lowest BCUT2D eigenvalue weighted by Gasteiger charge is -2.37. The molecular weight excluding hydrogens is 423 g/mol. The van der Waals surface area contributed by atoms with Crippen LogP contribution in [-0.2, 0) is 0 Å². The van der Waals surface area contributed by atoms with Crippen molar-refractivity contribution in [3.8, 4) is 0 Å². The average molecular weight is 480 g/mol. The van der Waals surface area contributed by atoms with Crippen LogP contribution in [0.4, 0.5) is 0 Å². The topological polar surface area (TPSA) is 15.3 Å². The Morgan fingerprint density at radius 3 is 1.39 bits per heavy atom. The summed E-state index contributed by atoms with van der Waals surface area (Å²) in [7, 11) is 0. The zero-order valence-electron chi connectivity index (χ0n) is 20.9. The molecule has 0 aliphatic carbocycles. The lowest BCUT2D eigenvalue weighted by molar-refractivity contribution is 0.129. The molecule has 1 N–H and O–H groups in total. The van der Waals surface area contributed by atoms with Crippen molar-refractivity contribution in [2.24, 2.45) is 11.8 Å². The standard InChI is InChI=1S/C27H54N2.2ClH/c1-2-3-4-5-6-7-8-9-10-11-12-13-14-15-16-23-29-24-19-27(20-25-29)26-17-21-28-22-18-26;;/h26-28H,2-25H2,1H3;2*1H. The van der Waals surface area contributed by atoms with Crippen molar-refractivity contribution in [3.63, 3.8) is 0 Å². The number of likely N-dealkylation sites (tertiary alicyclic amines) is 1. The molecule has 31 heavy (non-hydrogen) atoms. The molecule has 2 aliphatic rings. The van der Waals surface area contributed by atoms with Crippen LogP contribution >= 0.6 is 24.8 Å². The molecule has 2 aliphatic heterocycles. The first-order valence-electron chi connectivity index (χ1n) is 13.8. The van der Waals surface area contributed by atoms with Crippen LogP contribution in [0.3, 0.4) is 0 Å². The lowest BCUT2D eigenvalue weighted by atomic mass is 9.79. The fourth-order valence-electron chi connectivity index (χ4n) is 5.67. The quantitative estimate of drug-likeness (QED) is 0.211. The molecular formula is C27H56Cl2N2. The molecule has 0 radical (unpaired) electrons. The van der Waals surface area contributed by atoms with Gasteiger partial charge in [-0.15, -0.1) is 24.8 Å². The highest BCUT2D eigenvalue weighted by molar-refractivity contribution is 5.85. The second kappa shape index (κ2) is 22.3. The van der Waals surface area contributed by atoms with Gasteiger partial charge >= 0.3 is 0 Å². The van der Waals surface area contributed by atoms with Crippen molar-refractivity contribution in [2.45, 2.75) is 129 Å². The first kappa shape index (κ1) is 31.5. The SMILES string of the molecule is CCCCCCCCCCCCCCCCCN1CCC(C2CCNCC2)CC1.Cl.Cl. The van der Waals surface area contributed by atoms with E-state index in [-0.39, 0.29) is 24.8 Å². The first-order chi connectivity index (χ1) is 14.4. The van der Waals surface area contributed by atoms with Crippen LogP contribution in [-0.4, -0.2) is 37.6 Å². The number of nitrogens with one attached hydrogen (secondary N) is 1. The molecule has 0 aromatic rings. The van der Waals surface area contributed by atoms with Gasteiger partial charge in [0.05, 0.1) is 0 Å². The Morgan fingerprint density at radius 1 is 0.548 bits per heavy atom. The predicted molar refractivity (Wildman–Crippen MR) is 144 cm³/mol. The van der Waals surface area contributed by atoms with Crippen molar-refractivity contribution < 1.29 is 0 Å². The van der Waals surface area contributed by atoms with Crippen molar-refractivity contribution >= 4 is 24.8 Å². The molecule has 0 aromatic heterocycles. The van der Waals surface area contributed by atoms with Crippen LogP contribution in [0.5, 0.6) is 0 Å². The molecule has 0 unspecified atom stereocenters. The van der Waals surface area contributed by atoms with E-state index < -0.39 is 0 Å². The van der Waals surface area contributed by atoms with E-state index in [9.17, 15) is 0 Å². The van der Waals surface area contributed by atoms with Crippen LogP contribution < -0.4 is 5.32 Å². The van der Waals surface area contributed by atoms with E-state index in [4.69, 9.17) is 0 Å². The Morgan fingerprint density at radius 2 is 0.935 bits per heavy atom. The first-order valence-corrected chi connectivity index (χ1v) is 13.8. The van der Waals surface area contributed by atoms with Gasteiger partial charge in [-0.3, -0.25) is 0 Å². The second-order valence-corrected chi connectivity index (χ2v) is 10.2.